The number of ether oxygens (including phenoxy) is 1. The highest BCUT2D eigenvalue weighted by Crippen LogP contribution is 2.29. The number of aliphatic hydroxyl groups excluding tert-OH is 3. The van der Waals surface area contributed by atoms with Gasteiger partial charge in [0.25, 0.3) is 0 Å². The van der Waals surface area contributed by atoms with Crippen LogP contribution in [0.25, 0.3) is 0 Å². The molecule has 0 aromatic heterocycles. The van der Waals surface area contributed by atoms with E-state index in [1.54, 1.807) is 0 Å². The molecule has 1 rings (SSSR count). The topological polar surface area (TPSA) is 186 Å². The van der Waals surface area contributed by atoms with E-state index in [9.17, 15) is 33.1 Å². The first-order valence-corrected chi connectivity index (χ1v) is 6.92. The van der Waals surface area contributed by atoms with Crippen molar-refractivity contribution in [3.05, 3.63) is 0 Å². The summed E-state index contributed by atoms with van der Waals surface area (Å²) in [7, 11) is -4.64. The van der Waals surface area contributed by atoms with Crippen LogP contribution in [0.4, 0.5) is 0 Å². The maximum atomic E-state index is 10.6. The first kappa shape index (κ1) is 16.8. The van der Waals surface area contributed by atoms with E-state index in [2.05, 4.69) is 18.2 Å². The number of rotatable bonds is 5. The summed E-state index contributed by atoms with van der Waals surface area (Å²) >= 11 is -0.810. The van der Waals surface area contributed by atoms with Gasteiger partial charge < -0.3 is 25.2 Å². The van der Waals surface area contributed by atoms with Crippen LogP contribution in [0.5, 0.6) is 0 Å². The van der Waals surface area contributed by atoms with Gasteiger partial charge in [-0.15, -0.1) is 0 Å². The first-order valence-electron chi connectivity index (χ1n) is 4.72. The average molecular weight is 323 g/mol. The van der Waals surface area contributed by atoms with Gasteiger partial charge in [-0.3, -0.25) is 4.18 Å². The number of hydrogen-bond acceptors (Lipinski definition) is 10. The molecule has 6 N–H and O–H groups in total. The van der Waals surface area contributed by atoms with Crippen LogP contribution in [0.2, 0.25) is 0 Å². The molecule has 0 amide bonds. The lowest BCUT2D eigenvalue weighted by molar-refractivity contribution is -0.376. The van der Waals surface area contributed by atoms with Crippen LogP contribution in [0.1, 0.15) is 0 Å². The Labute approximate surface area is 111 Å². The molecule has 19 heavy (non-hydrogen) atoms. The quantitative estimate of drug-likeness (QED) is 0.212. The van der Waals surface area contributed by atoms with Crippen molar-refractivity contribution in [1.29, 1.82) is 0 Å². The lowest BCUT2D eigenvalue weighted by Gasteiger charge is -2.43. The van der Waals surface area contributed by atoms with Gasteiger partial charge in [0.15, 0.2) is 0 Å². The molecule has 1 aliphatic rings. The number of thiol groups is 1. The fourth-order valence-corrected chi connectivity index (χ4v) is 2.10. The van der Waals surface area contributed by atoms with Gasteiger partial charge in [-0.2, -0.15) is 8.42 Å². The maximum Gasteiger partial charge on any atom is 0.335 e. The fourth-order valence-electron chi connectivity index (χ4n) is 1.41. The third kappa shape index (κ3) is 3.88. The molecule has 0 saturated carbocycles. The zero-order chi connectivity index (χ0) is 14.8. The molecule has 13 heteroatoms. The van der Waals surface area contributed by atoms with Gasteiger partial charge in [0.2, 0.25) is 12.1 Å². The van der Waals surface area contributed by atoms with Gasteiger partial charge in [0, 0.05) is 0 Å². The van der Waals surface area contributed by atoms with E-state index < -0.39 is 59.2 Å². The number of nitrogens with two attached hydrogens (primary N) is 1. The van der Waals surface area contributed by atoms with Crippen LogP contribution in [-0.2, 0) is 35.4 Å². The Morgan fingerprint density at radius 2 is 2.05 bits per heavy atom. The predicted octanol–water partition coefficient (Wildman–Crippen LogP) is -4.79. The minimum Gasteiger partial charge on any atom is -0.387 e. The van der Waals surface area contributed by atoms with Crippen LogP contribution in [0.3, 0.4) is 0 Å². The highest BCUT2D eigenvalue weighted by Gasteiger charge is 2.55. The predicted molar refractivity (Wildman–Crippen MR) is 57.5 cm³/mol. The molecule has 0 aromatic rings. The van der Waals surface area contributed by atoms with Crippen LogP contribution in [0, 0.1) is 0 Å². The minimum atomic E-state index is -4.64. The third-order valence-electron chi connectivity index (χ3n) is 2.36. The Hall–Kier alpha value is -0.220. The van der Waals surface area contributed by atoms with E-state index in [0.29, 0.717) is 0 Å². The van der Waals surface area contributed by atoms with Gasteiger partial charge in [-0.25, -0.2) is 13.5 Å². The largest absolute Gasteiger partial charge is 0.387 e. The molecule has 1 heterocycles. The first-order chi connectivity index (χ1) is 8.62. The average Bonchev–Trinajstić information content (AvgIpc) is 2.28. The second kappa shape index (κ2) is 6.04. The van der Waals surface area contributed by atoms with Gasteiger partial charge in [0.1, 0.15) is 30.3 Å². The van der Waals surface area contributed by atoms with E-state index in [1.807, 2.05) is 0 Å². The van der Waals surface area contributed by atoms with Gasteiger partial charge >= 0.3 is 10.3 Å². The minimum absolute atomic E-state index is 0.602. The van der Waals surface area contributed by atoms with Crippen molar-refractivity contribution in [2.45, 2.75) is 30.4 Å². The standard InChI is InChI=1S/C6H13NO10S2/c7-19(13,14)17-5(10)6(11)4(9)3(8)2(1-15-6)16-18-12/h2-5,8-11,18H,1H2,(H2,7,13,14)/t2-,3-,4+,5?,6+/m1/s1. The molecular formula is C6H13NO10S2. The second-order valence-electron chi connectivity index (χ2n) is 3.66. The van der Waals surface area contributed by atoms with Gasteiger partial charge in [0.05, 0.1) is 6.61 Å². The summed E-state index contributed by atoms with van der Waals surface area (Å²) in [5.74, 6) is -2.95. The molecule has 0 aliphatic carbocycles. The Bertz CT molecular complexity index is 428. The highest BCUT2D eigenvalue weighted by atomic mass is 32.2. The molecule has 114 valence electrons. The van der Waals surface area contributed by atoms with Crippen LogP contribution in [0.15, 0.2) is 0 Å². The molecule has 1 saturated heterocycles. The summed E-state index contributed by atoms with van der Waals surface area (Å²) < 4.78 is 44.3. The normalized spacial score (nSPS) is 38.1. The van der Waals surface area contributed by atoms with Gasteiger partial charge in [-0.05, 0) is 0 Å². The Morgan fingerprint density at radius 1 is 1.47 bits per heavy atom. The van der Waals surface area contributed by atoms with E-state index in [1.165, 1.54) is 0 Å². The van der Waals surface area contributed by atoms with Crippen molar-refractivity contribution in [2.24, 2.45) is 5.14 Å². The van der Waals surface area contributed by atoms with E-state index >= 15 is 0 Å². The molecule has 1 unspecified atom stereocenters. The summed E-state index contributed by atoms with van der Waals surface area (Å²) in [6.07, 6.45) is -7.88. The van der Waals surface area contributed by atoms with Crippen molar-refractivity contribution in [3.63, 3.8) is 0 Å². The summed E-state index contributed by atoms with van der Waals surface area (Å²) in [6, 6.07) is 0. The van der Waals surface area contributed by atoms with Gasteiger partial charge in [-0.1, -0.05) is 0 Å². The Kier molecular flexibility index (Phi) is 5.35. The fraction of sp³-hybridized carbons (Fsp3) is 1.00. The smallest absolute Gasteiger partial charge is 0.335 e. The molecule has 0 spiro atoms. The monoisotopic (exact) mass is 323 g/mol. The molecule has 1 fully saturated rings. The molecule has 5 atom stereocenters. The van der Waals surface area contributed by atoms with Crippen molar-refractivity contribution < 1.29 is 46.2 Å². The highest BCUT2D eigenvalue weighted by molar-refractivity contribution is 7.84. The molecular weight excluding hydrogens is 310 g/mol. The lowest BCUT2D eigenvalue weighted by Crippen LogP contribution is -2.66. The molecule has 0 bridgehead atoms. The number of hydrogen-bond donors (Lipinski definition) is 6. The van der Waals surface area contributed by atoms with Crippen molar-refractivity contribution in [3.8, 4) is 0 Å². The summed E-state index contributed by atoms with van der Waals surface area (Å²) in [5, 5.41) is 42.7. The Morgan fingerprint density at radius 3 is 2.53 bits per heavy atom. The summed E-state index contributed by atoms with van der Waals surface area (Å²) in [5.41, 5.74) is 0. The SMILES string of the molecule is NS(=O)(=O)OC(O)[C@@]1(O)OC[C@@H](O[SH]=O)[C@@H](O)[C@@H]1O. The zero-order valence-electron chi connectivity index (χ0n) is 9.19. The molecule has 0 aromatic carbocycles. The van der Waals surface area contributed by atoms with E-state index in [0.717, 1.165) is 0 Å². The number of aliphatic hydroxyl groups is 4. The molecule has 11 nitrogen and oxygen atoms in total. The lowest BCUT2D eigenvalue weighted by atomic mass is 9.96. The van der Waals surface area contributed by atoms with Crippen molar-refractivity contribution >= 4 is 22.3 Å². The molecule has 1 aliphatic heterocycles. The van der Waals surface area contributed by atoms with Crippen molar-refractivity contribution in [1.82, 2.24) is 0 Å². The van der Waals surface area contributed by atoms with E-state index in [-0.39, 0.29) is 0 Å². The van der Waals surface area contributed by atoms with Crippen molar-refractivity contribution in [2.75, 3.05) is 6.61 Å². The van der Waals surface area contributed by atoms with Crippen LogP contribution >= 0.6 is 0 Å². The zero-order valence-corrected chi connectivity index (χ0v) is 10.9. The van der Waals surface area contributed by atoms with Crippen LogP contribution < -0.4 is 5.14 Å². The summed E-state index contributed by atoms with van der Waals surface area (Å²) in [4.78, 5) is 0. The molecule has 0 radical (unpaired) electrons. The van der Waals surface area contributed by atoms with Crippen LogP contribution in [-0.4, -0.2) is 70.0 Å². The van der Waals surface area contributed by atoms with E-state index in [4.69, 9.17) is 0 Å². The maximum absolute atomic E-state index is 10.6. The Balaban J connectivity index is 2.86. The second-order valence-corrected chi connectivity index (χ2v) is 5.20. The summed E-state index contributed by atoms with van der Waals surface area (Å²) in [6.45, 7) is -0.602. The third-order valence-corrected chi connectivity index (χ3v) is 3.17.